The van der Waals surface area contributed by atoms with Crippen molar-refractivity contribution in [3.8, 4) is 17.1 Å². The van der Waals surface area contributed by atoms with Crippen molar-refractivity contribution in [1.82, 2.24) is 10.1 Å². The number of aromatic hydroxyl groups is 1. The molecule has 0 aliphatic rings. The first-order valence-corrected chi connectivity index (χ1v) is 5.33. The number of aromatic nitrogens is 2. The van der Waals surface area contributed by atoms with Crippen LogP contribution in [0.25, 0.3) is 22.4 Å². The van der Waals surface area contributed by atoms with Gasteiger partial charge in [0.1, 0.15) is 16.5 Å². The number of phenols is 1. The zero-order valence-corrected chi connectivity index (χ0v) is 9.35. The summed E-state index contributed by atoms with van der Waals surface area (Å²) >= 11 is 5.92. The second kappa shape index (κ2) is 3.75. The van der Waals surface area contributed by atoms with Crippen LogP contribution in [0.5, 0.6) is 5.75 Å². The lowest BCUT2D eigenvalue weighted by Gasteiger charge is -1.96. The molecule has 0 spiro atoms. The Morgan fingerprint density at radius 3 is 2.82 bits per heavy atom. The molecule has 0 atom stereocenters. The van der Waals surface area contributed by atoms with Crippen molar-refractivity contribution in [3.05, 3.63) is 41.6 Å². The molecule has 0 aliphatic carbocycles. The third-order valence-electron chi connectivity index (χ3n) is 2.47. The number of hydrogen-bond acceptors (Lipinski definition) is 4. The van der Waals surface area contributed by atoms with E-state index in [1.165, 1.54) is 6.07 Å². The summed E-state index contributed by atoms with van der Waals surface area (Å²) in [6.07, 6.45) is 1.68. The Morgan fingerprint density at radius 1 is 1.18 bits per heavy atom. The van der Waals surface area contributed by atoms with Crippen LogP contribution in [-0.2, 0) is 0 Å². The molecule has 17 heavy (non-hydrogen) atoms. The van der Waals surface area contributed by atoms with Gasteiger partial charge in [0.25, 0.3) is 0 Å². The van der Waals surface area contributed by atoms with E-state index in [-0.39, 0.29) is 10.8 Å². The molecule has 84 valence electrons. The van der Waals surface area contributed by atoms with Gasteiger partial charge >= 0.3 is 0 Å². The summed E-state index contributed by atoms with van der Waals surface area (Å²) in [5, 5.41) is 14.3. The number of rotatable bonds is 1. The van der Waals surface area contributed by atoms with Crippen molar-refractivity contribution < 1.29 is 9.63 Å². The van der Waals surface area contributed by atoms with Gasteiger partial charge in [-0.05, 0) is 24.3 Å². The monoisotopic (exact) mass is 246 g/mol. The summed E-state index contributed by atoms with van der Waals surface area (Å²) in [6, 6.07) is 8.73. The molecule has 5 heteroatoms. The zero-order valence-electron chi connectivity index (χ0n) is 8.59. The second-order valence-corrected chi connectivity index (χ2v) is 3.90. The van der Waals surface area contributed by atoms with E-state index in [1.54, 1.807) is 12.3 Å². The van der Waals surface area contributed by atoms with Gasteiger partial charge in [0.2, 0.25) is 0 Å². The SMILES string of the molecule is Oc1ccc2c(-c3ccccn3)noc2c1Cl. The van der Waals surface area contributed by atoms with Gasteiger partial charge in [-0.3, -0.25) is 4.98 Å². The molecule has 0 amide bonds. The van der Waals surface area contributed by atoms with Gasteiger partial charge in [-0.2, -0.15) is 0 Å². The number of phenolic OH excluding ortho intramolecular Hbond substituents is 1. The fourth-order valence-electron chi connectivity index (χ4n) is 1.65. The van der Waals surface area contributed by atoms with Crippen molar-refractivity contribution >= 4 is 22.6 Å². The predicted octanol–water partition coefficient (Wildman–Crippen LogP) is 3.25. The molecular weight excluding hydrogens is 240 g/mol. The summed E-state index contributed by atoms with van der Waals surface area (Å²) in [7, 11) is 0. The molecular formula is C12H7ClN2O2. The smallest absolute Gasteiger partial charge is 0.189 e. The summed E-state index contributed by atoms with van der Waals surface area (Å²) in [6.45, 7) is 0. The highest BCUT2D eigenvalue weighted by atomic mass is 35.5. The number of fused-ring (bicyclic) bond motifs is 1. The van der Waals surface area contributed by atoms with Gasteiger partial charge in [-0.15, -0.1) is 0 Å². The van der Waals surface area contributed by atoms with E-state index >= 15 is 0 Å². The maximum atomic E-state index is 9.46. The Bertz CT molecular complexity index is 680. The molecule has 0 saturated carbocycles. The lowest BCUT2D eigenvalue weighted by atomic mass is 10.1. The van der Waals surface area contributed by atoms with Gasteiger partial charge in [-0.25, -0.2) is 0 Å². The first-order valence-electron chi connectivity index (χ1n) is 4.95. The van der Waals surface area contributed by atoms with Crippen molar-refractivity contribution in [2.75, 3.05) is 0 Å². The summed E-state index contributed by atoms with van der Waals surface area (Å²) in [4.78, 5) is 4.20. The quantitative estimate of drug-likeness (QED) is 0.716. The van der Waals surface area contributed by atoms with E-state index in [4.69, 9.17) is 16.1 Å². The van der Waals surface area contributed by atoms with Crippen molar-refractivity contribution in [3.63, 3.8) is 0 Å². The lowest BCUT2D eigenvalue weighted by Crippen LogP contribution is -1.81. The van der Waals surface area contributed by atoms with Gasteiger partial charge in [0, 0.05) is 6.20 Å². The Balaban J connectivity index is 2.30. The molecule has 0 unspecified atom stereocenters. The highest BCUT2D eigenvalue weighted by molar-refractivity contribution is 6.36. The molecule has 3 rings (SSSR count). The van der Waals surface area contributed by atoms with E-state index in [1.807, 2.05) is 18.2 Å². The van der Waals surface area contributed by atoms with Crippen LogP contribution in [-0.4, -0.2) is 15.2 Å². The normalized spacial score (nSPS) is 10.9. The van der Waals surface area contributed by atoms with Crippen LogP contribution in [0.15, 0.2) is 41.1 Å². The molecule has 3 aromatic rings. The number of halogens is 1. The number of pyridine rings is 1. The fourth-order valence-corrected chi connectivity index (χ4v) is 1.85. The Kier molecular flexibility index (Phi) is 2.23. The molecule has 0 aliphatic heterocycles. The van der Waals surface area contributed by atoms with E-state index in [0.717, 1.165) is 5.39 Å². The first kappa shape index (κ1) is 10.1. The van der Waals surface area contributed by atoms with E-state index < -0.39 is 0 Å². The minimum atomic E-state index is -0.0251. The molecule has 0 fully saturated rings. The average Bonchev–Trinajstić information content (AvgIpc) is 2.79. The van der Waals surface area contributed by atoms with E-state index in [0.29, 0.717) is 17.0 Å². The predicted molar refractivity (Wildman–Crippen MR) is 63.9 cm³/mol. The van der Waals surface area contributed by atoms with Gasteiger partial charge in [0.05, 0.1) is 11.1 Å². The highest BCUT2D eigenvalue weighted by Gasteiger charge is 2.15. The number of hydrogen-bond donors (Lipinski definition) is 1. The van der Waals surface area contributed by atoms with E-state index in [2.05, 4.69) is 10.1 Å². The molecule has 0 radical (unpaired) electrons. The van der Waals surface area contributed by atoms with Crippen LogP contribution >= 0.6 is 11.6 Å². The largest absolute Gasteiger partial charge is 0.506 e. The Labute approximate surface area is 101 Å². The van der Waals surface area contributed by atoms with Gasteiger partial charge in [-0.1, -0.05) is 22.8 Å². The van der Waals surface area contributed by atoms with Crippen molar-refractivity contribution in [2.45, 2.75) is 0 Å². The third kappa shape index (κ3) is 1.54. The molecule has 2 heterocycles. The molecule has 2 aromatic heterocycles. The fraction of sp³-hybridized carbons (Fsp3) is 0. The average molecular weight is 247 g/mol. The number of benzene rings is 1. The van der Waals surface area contributed by atoms with Crippen molar-refractivity contribution in [2.24, 2.45) is 0 Å². The summed E-state index contributed by atoms with van der Waals surface area (Å²) < 4.78 is 5.13. The Morgan fingerprint density at radius 2 is 2.06 bits per heavy atom. The molecule has 4 nitrogen and oxygen atoms in total. The second-order valence-electron chi connectivity index (χ2n) is 3.52. The molecule has 1 N–H and O–H groups in total. The topological polar surface area (TPSA) is 59.2 Å². The standard InChI is InChI=1S/C12H7ClN2O2/c13-10-9(16)5-4-7-11(15-17-12(7)10)8-3-1-2-6-14-8/h1-6,16H. The maximum absolute atomic E-state index is 9.46. The number of nitrogens with zero attached hydrogens (tertiary/aromatic N) is 2. The van der Waals surface area contributed by atoms with Crippen LogP contribution in [0.1, 0.15) is 0 Å². The summed E-state index contributed by atoms with van der Waals surface area (Å²) in [5.74, 6) is -0.0251. The minimum absolute atomic E-state index is 0.0251. The van der Waals surface area contributed by atoms with Gasteiger partial charge in [0.15, 0.2) is 5.58 Å². The first-order chi connectivity index (χ1) is 8.27. The van der Waals surface area contributed by atoms with Crippen molar-refractivity contribution in [1.29, 1.82) is 0 Å². The van der Waals surface area contributed by atoms with Gasteiger partial charge < -0.3 is 9.63 Å². The van der Waals surface area contributed by atoms with Crippen LogP contribution in [0.2, 0.25) is 5.02 Å². The molecule has 0 saturated heterocycles. The molecule has 1 aromatic carbocycles. The highest BCUT2D eigenvalue weighted by Crippen LogP contribution is 2.36. The summed E-state index contributed by atoms with van der Waals surface area (Å²) in [5.41, 5.74) is 1.68. The van der Waals surface area contributed by atoms with Crippen LogP contribution in [0.3, 0.4) is 0 Å². The van der Waals surface area contributed by atoms with Crippen LogP contribution in [0, 0.1) is 0 Å². The Hall–Kier alpha value is -2.07. The van der Waals surface area contributed by atoms with Crippen LogP contribution < -0.4 is 0 Å². The zero-order chi connectivity index (χ0) is 11.8. The van der Waals surface area contributed by atoms with E-state index in [9.17, 15) is 5.11 Å². The molecule has 0 bridgehead atoms. The minimum Gasteiger partial charge on any atom is -0.506 e. The lowest BCUT2D eigenvalue weighted by molar-refractivity contribution is 0.451. The van der Waals surface area contributed by atoms with Crippen LogP contribution in [0.4, 0.5) is 0 Å². The third-order valence-corrected chi connectivity index (χ3v) is 2.83. The maximum Gasteiger partial charge on any atom is 0.189 e.